The first kappa shape index (κ1) is 37.1. The van der Waals surface area contributed by atoms with E-state index in [0.717, 1.165) is 39.2 Å². The molecule has 2 heteroatoms. The van der Waals surface area contributed by atoms with Gasteiger partial charge >= 0.3 is 0 Å². The quantitative estimate of drug-likeness (QED) is 0.118. The molecule has 0 unspecified atom stereocenters. The van der Waals surface area contributed by atoms with Crippen LogP contribution in [0.25, 0.3) is 78.0 Å². The summed E-state index contributed by atoms with van der Waals surface area (Å²) in [5.74, 6) is 0. The molecule has 0 aliphatic heterocycles. The van der Waals surface area contributed by atoms with Crippen LogP contribution in [0.3, 0.4) is 0 Å². The number of rotatable bonds is 7. The molecule has 2 aliphatic carbocycles. The molecule has 1 spiro atoms. The van der Waals surface area contributed by atoms with Crippen LogP contribution in [0.15, 0.2) is 241 Å². The Morgan fingerprint density at radius 3 is 1.72 bits per heavy atom. The van der Waals surface area contributed by atoms with Crippen LogP contribution in [0, 0.1) is 0 Å². The number of hydrogen-bond donors (Lipinski definition) is 0. The van der Waals surface area contributed by atoms with E-state index in [0.29, 0.717) is 0 Å². The number of furan rings is 1. The van der Waals surface area contributed by atoms with E-state index in [1.807, 2.05) is 24.5 Å². The van der Waals surface area contributed by atoms with Crippen molar-refractivity contribution in [2.75, 3.05) is 4.90 Å². The summed E-state index contributed by atoms with van der Waals surface area (Å²) in [5, 5.41) is 6.02. The van der Waals surface area contributed by atoms with Gasteiger partial charge in [-0.05, 0) is 114 Å². The summed E-state index contributed by atoms with van der Waals surface area (Å²) in [5.41, 5.74) is 19.2. The Balaban J connectivity index is 0.920. The Morgan fingerprint density at radius 2 is 0.954 bits per heavy atom. The van der Waals surface area contributed by atoms with Crippen molar-refractivity contribution >= 4 is 61.7 Å². The summed E-state index contributed by atoms with van der Waals surface area (Å²) < 4.78 is 5.74. The molecule has 0 radical (unpaired) electrons. The Bertz CT molecular complexity index is 3670. The predicted molar refractivity (Wildman–Crippen MR) is 272 cm³/mol. The third-order valence-corrected chi connectivity index (χ3v) is 13.8. The molecule has 0 atom stereocenters. The third kappa shape index (κ3) is 5.67. The van der Waals surface area contributed by atoms with Crippen LogP contribution in [0.1, 0.15) is 33.4 Å². The summed E-state index contributed by atoms with van der Waals surface area (Å²) in [6.07, 6.45) is 10.2. The highest BCUT2D eigenvalue weighted by Crippen LogP contribution is 2.64. The predicted octanol–water partition coefficient (Wildman–Crippen LogP) is 16.9. The molecule has 10 aromatic carbocycles. The average molecular weight is 828 g/mol. The lowest BCUT2D eigenvalue weighted by Gasteiger charge is -2.30. The Morgan fingerprint density at radius 1 is 0.400 bits per heavy atom. The Labute approximate surface area is 378 Å². The Kier molecular flexibility index (Phi) is 8.47. The largest absolute Gasteiger partial charge is 0.464 e. The molecular formula is C63H41NO. The zero-order chi connectivity index (χ0) is 42.9. The van der Waals surface area contributed by atoms with Crippen LogP contribution in [0.2, 0.25) is 0 Å². The lowest BCUT2D eigenvalue weighted by atomic mass is 9.70. The second-order valence-corrected chi connectivity index (χ2v) is 17.2. The van der Waals surface area contributed by atoms with Crippen molar-refractivity contribution in [3.8, 4) is 33.4 Å². The molecule has 0 saturated heterocycles. The normalized spacial score (nSPS) is 13.2. The van der Waals surface area contributed by atoms with E-state index in [-0.39, 0.29) is 5.41 Å². The highest BCUT2D eigenvalue weighted by Gasteiger charge is 2.51. The molecule has 11 aromatic rings. The molecule has 0 fully saturated rings. The highest BCUT2D eigenvalue weighted by atomic mass is 16.3. The van der Waals surface area contributed by atoms with E-state index in [9.17, 15) is 0 Å². The lowest BCUT2D eigenvalue weighted by Crippen LogP contribution is -2.25. The highest BCUT2D eigenvalue weighted by molar-refractivity contribution is 6.15. The smallest absolute Gasteiger partial charge is 0.134 e. The molecule has 0 saturated carbocycles. The summed E-state index contributed by atoms with van der Waals surface area (Å²) in [6, 6.07) is 80.2. The van der Waals surface area contributed by atoms with Gasteiger partial charge in [0.05, 0.1) is 17.4 Å². The summed E-state index contributed by atoms with van der Waals surface area (Å²) in [6.45, 7) is 0. The van der Waals surface area contributed by atoms with Gasteiger partial charge < -0.3 is 9.32 Å². The first-order chi connectivity index (χ1) is 32.3. The fraction of sp³-hybridized carbons (Fsp3) is 0.0159. The SMILES string of the molecule is C(C=Cc1coc2ccccc12)=Cc1ccc(N(c2ccc(-c3cccc4c3-c3ccccc3C43c4ccccc4-c4ccccc43)cc2)c2cccc3ccc4ccccc4c23)cc1. The first-order valence-corrected chi connectivity index (χ1v) is 22.4. The molecule has 2 aliphatic rings. The second kappa shape index (κ2) is 14.8. The molecular weight excluding hydrogens is 787 g/mol. The van der Waals surface area contributed by atoms with Gasteiger partial charge in [0, 0.05) is 27.7 Å². The third-order valence-electron chi connectivity index (χ3n) is 13.8. The topological polar surface area (TPSA) is 16.4 Å². The molecule has 2 nitrogen and oxygen atoms in total. The summed E-state index contributed by atoms with van der Waals surface area (Å²) >= 11 is 0. The minimum atomic E-state index is -0.380. The van der Waals surface area contributed by atoms with Crippen molar-refractivity contribution in [3.63, 3.8) is 0 Å². The van der Waals surface area contributed by atoms with Crippen molar-refractivity contribution in [2.24, 2.45) is 0 Å². The monoisotopic (exact) mass is 827 g/mol. The van der Waals surface area contributed by atoms with Gasteiger partial charge in [-0.3, -0.25) is 0 Å². The number of benzene rings is 10. The molecule has 13 rings (SSSR count). The zero-order valence-electron chi connectivity index (χ0n) is 35.5. The van der Waals surface area contributed by atoms with Gasteiger partial charge in [-0.25, -0.2) is 0 Å². The van der Waals surface area contributed by atoms with Gasteiger partial charge in [0.15, 0.2) is 0 Å². The van der Waals surface area contributed by atoms with Crippen molar-refractivity contribution in [1.29, 1.82) is 0 Å². The van der Waals surface area contributed by atoms with Crippen molar-refractivity contribution in [2.45, 2.75) is 5.41 Å². The van der Waals surface area contributed by atoms with Gasteiger partial charge in [0.25, 0.3) is 0 Å². The zero-order valence-corrected chi connectivity index (χ0v) is 35.5. The van der Waals surface area contributed by atoms with Crippen LogP contribution >= 0.6 is 0 Å². The molecule has 65 heavy (non-hydrogen) atoms. The van der Waals surface area contributed by atoms with E-state index in [1.54, 1.807) is 0 Å². The number of anilines is 3. The number of para-hydroxylation sites is 1. The minimum absolute atomic E-state index is 0.380. The van der Waals surface area contributed by atoms with Crippen molar-refractivity contribution in [3.05, 3.63) is 270 Å². The standard InChI is InChI=1S/C63H41NO/c1(2-17-46-41-65-60-30-12-8-19-49(46)60)15-42-31-37-47(38-32-42)64(59-29-13-18-45-34-33-43-16-3-4-20-50(43)61(45)59)48-39-35-44(36-40-48)51-24-14-28-58-62(51)54-23-7-11-27-57(54)63(58)55-25-9-5-21-52(55)53-22-6-10-26-56(53)63/h1-41H. The van der Waals surface area contributed by atoms with Crippen LogP contribution in [-0.4, -0.2) is 0 Å². The average Bonchev–Trinajstić information content (AvgIpc) is 4.03. The van der Waals surface area contributed by atoms with E-state index >= 15 is 0 Å². The second-order valence-electron chi connectivity index (χ2n) is 17.2. The number of allylic oxidation sites excluding steroid dienone is 2. The maximum atomic E-state index is 5.74. The molecule has 1 aromatic heterocycles. The molecule has 0 bridgehead atoms. The minimum Gasteiger partial charge on any atom is -0.464 e. The fourth-order valence-electron chi connectivity index (χ4n) is 11.0. The van der Waals surface area contributed by atoms with Crippen LogP contribution in [0.4, 0.5) is 17.1 Å². The number of nitrogens with zero attached hydrogens (tertiary/aromatic N) is 1. The maximum Gasteiger partial charge on any atom is 0.134 e. The van der Waals surface area contributed by atoms with Crippen LogP contribution in [-0.2, 0) is 5.41 Å². The van der Waals surface area contributed by atoms with Gasteiger partial charge in [-0.15, -0.1) is 0 Å². The number of fused-ring (bicyclic) bond motifs is 14. The van der Waals surface area contributed by atoms with Gasteiger partial charge in [0.2, 0.25) is 0 Å². The van der Waals surface area contributed by atoms with E-state index in [2.05, 4.69) is 229 Å². The molecule has 0 N–H and O–H groups in total. The van der Waals surface area contributed by atoms with Gasteiger partial charge in [0.1, 0.15) is 5.58 Å². The lowest BCUT2D eigenvalue weighted by molar-refractivity contribution is 0.615. The fourth-order valence-corrected chi connectivity index (χ4v) is 11.0. The first-order valence-electron chi connectivity index (χ1n) is 22.4. The molecule has 0 amide bonds. The van der Waals surface area contributed by atoms with Gasteiger partial charge in [-0.2, -0.15) is 0 Å². The van der Waals surface area contributed by atoms with E-state index in [4.69, 9.17) is 4.42 Å². The molecule has 304 valence electrons. The van der Waals surface area contributed by atoms with Crippen molar-refractivity contribution in [1.82, 2.24) is 0 Å². The van der Waals surface area contributed by atoms with Crippen LogP contribution < -0.4 is 4.90 Å². The summed E-state index contributed by atoms with van der Waals surface area (Å²) in [7, 11) is 0. The van der Waals surface area contributed by atoms with Crippen molar-refractivity contribution < 1.29 is 4.42 Å². The maximum absolute atomic E-state index is 5.74. The summed E-state index contributed by atoms with van der Waals surface area (Å²) in [4.78, 5) is 2.42. The van der Waals surface area contributed by atoms with E-state index in [1.165, 1.54) is 77.2 Å². The van der Waals surface area contributed by atoms with Gasteiger partial charge in [-0.1, -0.05) is 206 Å². The van der Waals surface area contributed by atoms with E-state index < -0.39 is 0 Å². The van der Waals surface area contributed by atoms with Crippen LogP contribution in [0.5, 0.6) is 0 Å². The Hall–Kier alpha value is -8.46. The number of hydrogen-bond acceptors (Lipinski definition) is 2. The molecule has 1 heterocycles.